The van der Waals surface area contributed by atoms with Gasteiger partial charge in [0.2, 0.25) is 0 Å². The van der Waals surface area contributed by atoms with Crippen LogP contribution in [0.3, 0.4) is 0 Å². The third kappa shape index (κ3) is 24.2. The molecule has 0 fully saturated rings. The molecule has 33 heavy (non-hydrogen) atoms. The molecule has 7 heteroatoms. The number of hydrogen-bond donors (Lipinski definition) is 3. The van der Waals surface area contributed by atoms with E-state index in [1.54, 1.807) is 0 Å². The van der Waals surface area contributed by atoms with Gasteiger partial charge in [-0.2, -0.15) is 0 Å². The van der Waals surface area contributed by atoms with Gasteiger partial charge in [0.25, 0.3) is 0 Å². The summed E-state index contributed by atoms with van der Waals surface area (Å²) in [6.45, 7) is 1.99. The summed E-state index contributed by atoms with van der Waals surface area (Å²) in [4.78, 5) is 11.9. The van der Waals surface area contributed by atoms with E-state index in [9.17, 15) is 9.90 Å². The molecule has 0 rings (SSSR count). The Labute approximate surface area is 202 Å². The van der Waals surface area contributed by atoms with E-state index in [0.29, 0.717) is 6.42 Å². The Balaban J connectivity index is 3.40. The first-order valence-electron chi connectivity index (χ1n) is 13.3. The first-order valence-corrected chi connectivity index (χ1v) is 13.3. The second kappa shape index (κ2) is 25.9. The van der Waals surface area contributed by atoms with Gasteiger partial charge in [-0.05, 0) is 6.42 Å². The zero-order chi connectivity index (χ0) is 24.4. The van der Waals surface area contributed by atoms with Crippen molar-refractivity contribution >= 4 is 5.97 Å². The van der Waals surface area contributed by atoms with Crippen molar-refractivity contribution in [1.82, 2.24) is 0 Å². The Morgan fingerprint density at radius 3 is 1.64 bits per heavy atom. The minimum atomic E-state index is -0.928. The molecule has 3 N–H and O–H groups in total. The van der Waals surface area contributed by atoms with Crippen LogP contribution in [-0.2, 0) is 19.0 Å². The van der Waals surface area contributed by atoms with Crippen LogP contribution in [0.1, 0.15) is 110 Å². The normalized spacial score (nSPS) is 13.2. The summed E-state index contributed by atoms with van der Waals surface area (Å²) >= 11 is 0. The van der Waals surface area contributed by atoms with Crippen LogP contribution in [0.15, 0.2) is 0 Å². The molecular formula is C26H52O7. The van der Waals surface area contributed by atoms with E-state index < -0.39 is 6.10 Å². The van der Waals surface area contributed by atoms with Crippen molar-refractivity contribution in [2.45, 2.75) is 116 Å². The Morgan fingerprint density at radius 2 is 1.15 bits per heavy atom. The summed E-state index contributed by atoms with van der Waals surface area (Å²) in [5, 5.41) is 27.2. The van der Waals surface area contributed by atoms with Crippen LogP contribution in [0.5, 0.6) is 0 Å². The Morgan fingerprint density at radius 1 is 0.667 bits per heavy atom. The fourth-order valence-electron chi connectivity index (χ4n) is 3.59. The van der Waals surface area contributed by atoms with Crippen LogP contribution in [0.25, 0.3) is 0 Å². The molecule has 198 valence electrons. The highest BCUT2D eigenvalue weighted by molar-refractivity contribution is 5.69. The number of ether oxygens (including phenoxy) is 3. The van der Waals surface area contributed by atoms with Crippen LogP contribution < -0.4 is 0 Å². The smallest absolute Gasteiger partial charge is 0.305 e. The van der Waals surface area contributed by atoms with Gasteiger partial charge in [-0.15, -0.1) is 0 Å². The average Bonchev–Trinajstić information content (AvgIpc) is 2.83. The summed E-state index contributed by atoms with van der Waals surface area (Å²) in [5.74, 6) is -0.535. The summed E-state index contributed by atoms with van der Waals surface area (Å²) in [7, 11) is 0. The minimum absolute atomic E-state index is 0.0193. The molecule has 2 unspecified atom stereocenters. The minimum Gasteiger partial charge on any atom is -0.465 e. The van der Waals surface area contributed by atoms with E-state index in [0.717, 1.165) is 12.8 Å². The van der Waals surface area contributed by atoms with Crippen LogP contribution >= 0.6 is 0 Å². The van der Waals surface area contributed by atoms with Gasteiger partial charge in [-0.25, -0.2) is 0 Å². The van der Waals surface area contributed by atoms with Crippen molar-refractivity contribution in [2.75, 3.05) is 39.8 Å². The summed E-state index contributed by atoms with van der Waals surface area (Å²) in [6, 6.07) is 0. The average molecular weight is 477 g/mol. The fraction of sp³-hybridized carbons (Fsp3) is 0.962. The maximum Gasteiger partial charge on any atom is 0.305 e. The Kier molecular flexibility index (Phi) is 25.3. The Bertz CT molecular complexity index is 406. The lowest BCUT2D eigenvalue weighted by molar-refractivity contribution is -0.147. The number of carbonyl (C=O) groups is 1. The van der Waals surface area contributed by atoms with Crippen LogP contribution in [0.2, 0.25) is 0 Å². The van der Waals surface area contributed by atoms with Crippen molar-refractivity contribution < 1.29 is 34.3 Å². The number of aliphatic hydroxyl groups excluding tert-OH is 3. The molecule has 0 spiro atoms. The van der Waals surface area contributed by atoms with Gasteiger partial charge in [0.05, 0.1) is 33.0 Å². The van der Waals surface area contributed by atoms with Gasteiger partial charge >= 0.3 is 5.97 Å². The molecule has 0 saturated carbocycles. The topological polar surface area (TPSA) is 105 Å². The van der Waals surface area contributed by atoms with E-state index in [-0.39, 0.29) is 51.7 Å². The first kappa shape index (κ1) is 32.3. The number of aliphatic hydroxyl groups is 3. The van der Waals surface area contributed by atoms with Crippen LogP contribution in [-0.4, -0.2) is 67.2 Å². The SMILES string of the molecule is CCCCCCCCCCCCCCCCCC(=O)OCC(CO)COCOCC(O)CO. The number of unbranched alkanes of at least 4 members (excludes halogenated alkanes) is 14. The fourth-order valence-corrected chi connectivity index (χ4v) is 3.59. The van der Waals surface area contributed by atoms with Crippen LogP contribution in [0.4, 0.5) is 0 Å². The van der Waals surface area contributed by atoms with E-state index in [1.165, 1.54) is 83.5 Å². The molecule has 0 radical (unpaired) electrons. The van der Waals surface area contributed by atoms with Crippen molar-refractivity contribution in [3.63, 3.8) is 0 Å². The number of carbonyl (C=O) groups excluding carboxylic acids is 1. The second-order valence-electron chi connectivity index (χ2n) is 9.13. The molecule has 0 aromatic rings. The number of hydrogen-bond acceptors (Lipinski definition) is 7. The van der Waals surface area contributed by atoms with Gasteiger partial charge in [0, 0.05) is 12.3 Å². The maximum absolute atomic E-state index is 11.9. The molecular weight excluding hydrogens is 424 g/mol. The quantitative estimate of drug-likeness (QED) is 0.0940. The predicted molar refractivity (Wildman–Crippen MR) is 131 cm³/mol. The lowest BCUT2D eigenvalue weighted by atomic mass is 10.0. The lowest BCUT2D eigenvalue weighted by Gasteiger charge is -2.15. The van der Waals surface area contributed by atoms with Crippen molar-refractivity contribution in [1.29, 1.82) is 0 Å². The molecule has 0 bridgehead atoms. The molecule has 0 aliphatic rings. The molecule has 0 aromatic heterocycles. The van der Waals surface area contributed by atoms with Gasteiger partial charge in [-0.3, -0.25) is 4.79 Å². The van der Waals surface area contributed by atoms with Gasteiger partial charge in [0.1, 0.15) is 12.9 Å². The number of esters is 1. The zero-order valence-electron chi connectivity index (χ0n) is 21.2. The molecule has 0 heterocycles. The van der Waals surface area contributed by atoms with Gasteiger partial charge < -0.3 is 29.5 Å². The molecule has 2 atom stereocenters. The highest BCUT2D eigenvalue weighted by Crippen LogP contribution is 2.14. The second-order valence-corrected chi connectivity index (χ2v) is 9.13. The van der Waals surface area contributed by atoms with E-state index >= 15 is 0 Å². The van der Waals surface area contributed by atoms with Crippen molar-refractivity contribution in [3.8, 4) is 0 Å². The summed E-state index contributed by atoms with van der Waals surface area (Å²) < 4.78 is 15.5. The van der Waals surface area contributed by atoms with Crippen LogP contribution in [0, 0.1) is 5.92 Å². The molecule has 0 aliphatic carbocycles. The lowest BCUT2D eigenvalue weighted by Crippen LogP contribution is -2.24. The number of rotatable bonds is 26. The largest absolute Gasteiger partial charge is 0.465 e. The Hall–Kier alpha value is -0.730. The highest BCUT2D eigenvalue weighted by atomic mass is 16.7. The van der Waals surface area contributed by atoms with Crippen molar-refractivity contribution in [2.24, 2.45) is 5.92 Å². The van der Waals surface area contributed by atoms with E-state index in [1.807, 2.05) is 0 Å². The summed E-state index contributed by atoms with van der Waals surface area (Å²) in [6.07, 6.45) is 18.9. The highest BCUT2D eigenvalue weighted by Gasteiger charge is 2.12. The van der Waals surface area contributed by atoms with Crippen molar-refractivity contribution in [3.05, 3.63) is 0 Å². The molecule has 0 amide bonds. The molecule has 0 saturated heterocycles. The molecule has 0 aromatic carbocycles. The van der Waals surface area contributed by atoms with E-state index in [2.05, 4.69) is 6.92 Å². The van der Waals surface area contributed by atoms with Gasteiger partial charge in [-0.1, -0.05) is 96.8 Å². The molecule has 0 aliphatic heterocycles. The third-order valence-electron chi connectivity index (χ3n) is 5.76. The monoisotopic (exact) mass is 476 g/mol. The summed E-state index contributed by atoms with van der Waals surface area (Å²) in [5.41, 5.74) is 0. The maximum atomic E-state index is 11.9. The zero-order valence-corrected chi connectivity index (χ0v) is 21.2. The predicted octanol–water partition coefficient (Wildman–Crippen LogP) is 4.74. The third-order valence-corrected chi connectivity index (χ3v) is 5.76. The van der Waals surface area contributed by atoms with E-state index in [4.69, 9.17) is 24.4 Å². The van der Waals surface area contributed by atoms with Gasteiger partial charge in [0.15, 0.2) is 0 Å². The standard InChI is InChI=1S/C26H52O7/c1-2-3-4-5-6-7-8-9-10-11-12-13-14-15-16-17-26(30)33-21-24(18-27)20-31-23-32-22-25(29)19-28/h24-25,27-29H,2-23H2,1H3. The first-order chi connectivity index (χ1) is 16.1. The molecule has 7 nitrogen and oxygen atoms in total.